The van der Waals surface area contributed by atoms with Crippen molar-refractivity contribution < 1.29 is 9.18 Å². The van der Waals surface area contributed by atoms with E-state index in [1.54, 1.807) is 22.8 Å². The number of carbonyl (C=O) groups is 1. The Kier molecular flexibility index (Phi) is 4.21. The van der Waals surface area contributed by atoms with Gasteiger partial charge in [-0.25, -0.2) is 13.9 Å². The molecule has 0 radical (unpaired) electrons. The lowest BCUT2D eigenvalue weighted by Gasteiger charge is -2.24. The van der Waals surface area contributed by atoms with Crippen molar-refractivity contribution in [3.63, 3.8) is 0 Å². The molecule has 1 aliphatic rings. The number of fused-ring (bicyclic) bond motifs is 3. The predicted octanol–water partition coefficient (Wildman–Crippen LogP) is 5.41. The van der Waals surface area contributed by atoms with Crippen LogP contribution in [0.5, 0.6) is 0 Å². The SMILES string of the molecule is Cc1nn2c3c(cnc2c1-c1ccc(F)cc1)C(=O)C[C@@H](c1ccc(Cl)cc1)C3. The number of hydrogen-bond acceptors (Lipinski definition) is 3. The number of ketones is 1. The Balaban J connectivity index is 1.65. The van der Waals surface area contributed by atoms with Gasteiger partial charge >= 0.3 is 0 Å². The summed E-state index contributed by atoms with van der Waals surface area (Å²) in [6.07, 6.45) is 2.78. The molecule has 0 bridgehead atoms. The van der Waals surface area contributed by atoms with Crippen molar-refractivity contribution in [2.75, 3.05) is 0 Å². The minimum absolute atomic E-state index is 0.0663. The summed E-state index contributed by atoms with van der Waals surface area (Å²) in [7, 11) is 0. The Morgan fingerprint density at radius 3 is 2.52 bits per heavy atom. The zero-order valence-electron chi connectivity index (χ0n) is 15.7. The number of carbonyl (C=O) groups excluding carboxylic acids is 1. The molecule has 6 heteroatoms. The van der Waals surface area contributed by atoms with Crippen molar-refractivity contribution in [1.29, 1.82) is 0 Å². The number of hydrogen-bond donors (Lipinski definition) is 0. The third-order valence-corrected chi connectivity index (χ3v) is 5.82. The van der Waals surface area contributed by atoms with E-state index in [0.717, 1.165) is 28.1 Å². The standard InChI is InChI=1S/C23H17ClFN3O/c1-13-22(15-4-8-18(25)9-5-15)23-26-12-19-20(28(23)27-13)10-16(11-21(19)29)14-2-6-17(24)7-3-14/h2-9,12,16H,10-11H2,1H3/t16-/m0/s1. The number of halogens is 2. The van der Waals surface area contributed by atoms with Crippen LogP contribution in [-0.2, 0) is 6.42 Å². The first kappa shape index (κ1) is 18.0. The van der Waals surface area contributed by atoms with E-state index in [1.165, 1.54) is 12.1 Å². The molecule has 4 aromatic rings. The second kappa shape index (κ2) is 6.78. The number of benzene rings is 2. The molecular weight excluding hydrogens is 389 g/mol. The maximum atomic E-state index is 13.4. The summed E-state index contributed by atoms with van der Waals surface area (Å²) in [4.78, 5) is 17.4. The van der Waals surface area contributed by atoms with Gasteiger partial charge < -0.3 is 0 Å². The lowest BCUT2D eigenvalue weighted by atomic mass is 9.82. The fraction of sp³-hybridized carbons (Fsp3) is 0.174. The van der Waals surface area contributed by atoms with Crippen LogP contribution in [0.4, 0.5) is 4.39 Å². The maximum Gasteiger partial charge on any atom is 0.166 e. The summed E-state index contributed by atoms with van der Waals surface area (Å²) < 4.78 is 15.1. The Hall–Kier alpha value is -3.05. The average Bonchev–Trinajstić information content (AvgIpc) is 3.05. The van der Waals surface area contributed by atoms with Crippen LogP contribution in [0.25, 0.3) is 16.8 Å². The van der Waals surface area contributed by atoms with Crippen LogP contribution >= 0.6 is 11.6 Å². The van der Waals surface area contributed by atoms with Gasteiger partial charge in [-0.05, 0) is 54.7 Å². The van der Waals surface area contributed by atoms with Crippen molar-refractivity contribution in [3.8, 4) is 11.1 Å². The third-order valence-electron chi connectivity index (χ3n) is 5.56. The molecule has 2 heterocycles. The Morgan fingerprint density at radius 2 is 1.79 bits per heavy atom. The molecule has 1 aliphatic carbocycles. The number of nitrogens with zero attached hydrogens (tertiary/aromatic N) is 3. The molecule has 29 heavy (non-hydrogen) atoms. The van der Waals surface area contributed by atoms with Crippen LogP contribution in [0.3, 0.4) is 0 Å². The van der Waals surface area contributed by atoms with Gasteiger partial charge in [0.05, 0.1) is 17.0 Å². The van der Waals surface area contributed by atoms with Gasteiger partial charge in [-0.2, -0.15) is 5.10 Å². The predicted molar refractivity (Wildman–Crippen MR) is 110 cm³/mol. The summed E-state index contributed by atoms with van der Waals surface area (Å²) >= 11 is 6.01. The lowest BCUT2D eigenvalue weighted by Crippen LogP contribution is -2.22. The van der Waals surface area contributed by atoms with Crippen LogP contribution in [0, 0.1) is 12.7 Å². The number of aromatic nitrogens is 3. The van der Waals surface area contributed by atoms with Crippen LogP contribution in [0.2, 0.25) is 5.02 Å². The summed E-state index contributed by atoms with van der Waals surface area (Å²) in [5.41, 5.74) is 5.74. The normalized spacial score (nSPS) is 16.2. The average molecular weight is 406 g/mol. The van der Waals surface area contributed by atoms with Gasteiger partial charge in [-0.3, -0.25) is 4.79 Å². The highest BCUT2D eigenvalue weighted by Gasteiger charge is 2.30. The monoisotopic (exact) mass is 405 g/mol. The van der Waals surface area contributed by atoms with Crippen LogP contribution < -0.4 is 0 Å². The fourth-order valence-electron chi connectivity index (χ4n) is 4.13. The molecule has 0 N–H and O–H groups in total. The topological polar surface area (TPSA) is 47.3 Å². The molecule has 1 atom stereocenters. The molecule has 0 saturated carbocycles. The Labute approximate surface area is 172 Å². The zero-order chi connectivity index (χ0) is 20.1. The van der Waals surface area contributed by atoms with Gasteiger partial charge in [0.1, 0.15) is 5.82 Å². The number of aryl methyl sites for hydroxylation is 1. The van der Waals surface area contributed by atoms with E-state index in [0.29, 0.717) is 29.1 Å². The minimum atomic E-state index is -0.287. The molecule has 0 fully saturated rings. The van der Waals surface area contributed by atoms with Gasteiger partial charge in [-0.1, -0.05) is 35.9 Å². The smallest absolute Gasteiger partial charge is 0.166 e. The lowest BCUT2D eigenvalue weighted by molar-refractivity contribution is 0.0962. The highest BCUT2D eigenvalue weighted by atomic mass is 35.5. The van der Waals surface area contributed by atoms with Gasteiger partial charge in [0, 0.05) is 23.2 Å². The second-order valence-corrected chi connectivity index (χ2v) is 7.84. The van der Waals surface area contributed by atoms with Gasteiger partial charge in [0.25, 0.3) is 0 Å². The van der Waals surface area contributed by atoms with Crippen molar-refractivity contribution >= 4 is 23.0 Å². The quantitative estimate of drug-likeness (QED) is 0.448. The molecule has 2 aromatic heterocycles. The first-order chi connectivity index (χ1) is 14.0. The molecule has 144 valence electrons. The van der Waals surface area contributed by atoms with Crippen molar-refractivity contribution in [1.82, 2.24) is 14.6 Å². The molecule has 0 unspecified atom stereocenters. The van der Waals surface area contributed by atoms with Crippen LogP contribution in [0.1, 0.15) is 39.6 Å². The summed E-state index contributed by atoms with van der Waals surface area (Å²) in [6, 6.07) is 14.0. The molecule has 5 rings (SSSR count). The highest BCUT2D eigenvalue weighted by molar-refractivity contribution is 6.30. The van der Waals surface area contributed by atoms with Gasteiger partial charge in [0.2, 0.25) is 0 Å². The first-order valence-corrected chi connectivity index (χ1v) is 9.81. The number of rotatable bonds is 2. The van der Waals surface area contributed by atoms with E-state index in [2.05, 4.69) is 10.1 Å². The van der Waals surface area contributed by atoms with E-state index in [-0.39, 0.29) is 17.5 Å². The van der Waals surface area contributed by atoms with Crippen LogP contribution in [0.15, 0.2) is 54.7 Å². The molecule has 0 aliphatic heterocycles. The molecular formula is C23H17ClFN3O. The molecule has 0 spiro atoms. The molecule has 0 amide bonds. The Morgan fingerprint density at radius 1 is 1.07 bits per heavy atom. The third kappa shape index (κ3) is 3.02. The van der Waals surface area contributed by atoms with E-state index in [1.807, 2.05) is 31.2 Å². The maximum absolute atomic E-state index is 13.4. The minimum Gasteiger partial charge on any atom is -0.294 e. The van der Waals surface area contributed by atoms with E-state index < -0.39 is 0 Å². The van der Waals surface area contributed by atoms with Crippen molar-refractivity contribution in [2.24, 2.45) is 0 Å². The number of Topliss-reactive ketones (excluding diaryl/α,β-unsaturated/α-hetero) is 1. The molecule has 2 aromatic carbocycles. The largest absolute Gasteiger partial charge is 0.294 e. The summed E-state index contributed by atoms with van der Waals surface area (Å²) in [5.74, 6) is -0.154. The van der Waals surface area contributed by atoms with Gasteiger partial charge in [-0.15, -0.1) is 0 Å². The Bertz CT molecular complexity index is 1250. The molecule has 4 nitrogen and oxygen atoms in total. The van der Waals surface area contributed by atoms with Crippen molar-refractivity contribution in [3.05, 3.63) is 88.1 Å². The van der Waals surface area contributed by atoms with Crippen molar-refractivity contribution in [2.45, 2.75) is 25.7 Å². The zero-order valence-corrected chi connectivity index (χ0v) is 16.4. The van der Waals surface area contributed by atoms with Crippen LogP contribution in [-0.4, -0.2) is 20.4 Å². The summed E-state index contributed by atoms with van der Waals surface area (Å²) in [5, 5.41) is 5.36. The van der Waals surface area contributed by atoms with E-state index in [4.69, 9.17) is 11.6 Å². The summed E-state index contributed by atoms with van der Waals surface area (Å²) in [6.45, 7) is 1.90. The van der Waals surface area contributed by atoms with Gasteiger partial charge in [0.15, 0.2) is 11.4 Å². The second-order valence-electron chi connectivity index (χ2n) is 7.40. The first-order valence-electron chi connectivity index (χ1n) is 9.43. The molecule has 0 saturated heterocycles. The fourth-order valence-corrected chi connectivity index (χ4v) is 4.26. The highest BCUT2D eigenvalue weighted by Crippen LogP contribution is 2.35. The van der Waals surface area contributed by atoms with E-state index in [9.17, 15) is 9.18 Å². The van der Waals surface area contributed by atoms with E-state index >= 15 is 0 Å².